The summed E-state index contributed by atoms with van der Waals surface area (Å²) in [6, 6.07) is 14.8. The van der Waals surface area contributed by atoms with E-state index in [1.165, 1.54) is 11.3 Å². The zero-order valence-corrected chi connectivity index (χ0v) is 15.2. The molecule has 24 heavy (non-hydrogen) atoms. The molecular weight excluding hydrogens is 383 g/mol. The van der Waals surface area contributed by atoms with Gasteiger partial charge in [-0.2, -0.15) is 5.26 Å². The number of allylic oxidation sites excluding steroid dienone is 1. The van der Waals surface area contributed by atoms with Gasteiger partial charge < -0.3 is 0 Å². The van der Waals surface area contributed by atoms with Crippen LogP contribution in [0.5, 0.6) is 0 Å². The first-order chi connectivity index (χ1) is 11.6. The van der Waals surface area contributed by atoms with E-state index >= 15 is 0 Å². The Bertz CT molecular complexity index is 970. The highest BCUT2D eigenvalue weighted by atomic mass is 35.5. The Morgan fingerprint density at radius 2 is 1.88 bits per heavy atom. The molecule has 0 N–H and O–H groups in total. The van der Waals surface area contributed by atoms with Gasteiger partial charge >= 0.3 is 0 Å². The predicted octanol–water partition coefficient (Wildman–Crippen LogP) is 6.83. The second-order valence-corrected chi connectivity index (χ2v) is 6.96. The third-order valence-electron chi connectivity index (χ3n) is 3.27. The number of nitrogens with zero attached hydrogens (tertiary/aromatic N) is 2. The number of hydrogen-bond acceptors (Lipinski definition) is 3. The van der Waals surface area contributed by atoms with E-state index in [9.17, 15) is 5.26 Å². The SMILES string of the molecule is N#C/C(=C\c1ccccc1Cl)c1nc(-c2ccc(Cl)cc2Cl)cs1. The van der Waals surface area contributed by atoms with Crippen LogP contribution in [0.1, 0.15) is 10.6 Å². The molecule has 0 saturated carbocycles. The fourth-order valence-corrected chi connectivity index (χ4v) is 3.59. The fourth-order valence-electron chi connectivity index (χ4n) is 2.11. The highest BCUT2D eigenvalue weighted by Crippen LogP contribution is 2.33. The summed E-state index contributed by atoms with van der Waals surface area (Å²) in [6.45, 7) is 0. The molecule has 0 amide bonds. The van der Waals surface area contributed by atoms with Crippen molar-refractivity contribution in [1.29, 1.82) is 5.26 Å². The van der Waals surface area contributed by atoms with E-state index < -0.39 is 0 Å². The van der Waals surface area contributed by atoms with Gasteiger partial charge in [-0.3, -0.25) is 0 Å². The number of thiazole rings is 1. The van der Waals surface area contributed by atoms with Crippen LogP contribution in [0.4, 0.5) is 0 Å². The minimum absolute atomic E-state index is 0.449. The molecular formula is C18H9Cl3N2S. The Hall–Kier alpha value is -1.83. The Labute approximate surface area is 158 Å². The Morgan fingerprint density at radius 3 is 2.58 bits per heavy atom. The van der Waals surface area contributed by atoms with Crippen molar-refractivity contribution in [2.45, 2.75) is 0 Å². The molecule has 3 rings (SSSR count). The largest absolute Gasteiger partial charge is 0.235 e. The van der Waals surface area contributed by atoms with Gasteiger partial charge in [0.1, 0.15) is 11.1 Å². The van der Waals surface area contributed by atoms with Gasteiger partial charge in [0.2, 0.25) is 0 Å². The van der Waals surface area contributed by atoms with Crippen LogP contribution in [0.3, 0.4) is 0 Å². The van der Waals surface area contributed by atoms with Crippen molar-refractivity contribution in [1.82, 2.24) is 4.98 Å². The molecule has 0 saturated heterocycles. The molecule has 0 fully saturated rings. The molecule has 0 bridgehead atoms. The van der Waals surface area contributed by atoms with Crippen molar-refractivity contribution in [3.05, 3.63) is 73.5 Å². The second-order valence-electron chi connectivity index (χ2n) is 4.85. The molecule has 0 unspecified atom stereocenters. The van der Waals surface area contributed by atoms with E-state index in [0.29, 0.717) is 31.3 Å². The van der Waals surface area contributed by atoms with E-state index in [4.69, 9.17) is 34.8 Å². The first kappa shape index (κ1) is 17.0. The van der Waals surface area contributed by atoms with Crippen molar-refractivity contribution in [3.8, 4) is 17.3 Å². The van der Waals surface area contributed by atoms with Crippen molar-refractivity contribution < 1.29 is 0 Å². The maximum Gasteiger partial charge on any atom is 0.134 e. The average molecular weight is 392 g/mol. The summed E-state index contributed by atoms with van der Waals surface area (Å²) in [5.41, 5.74) is 2.71. The Balaban J connectivity index is 2.00. The van der Waals surface area contributed by atoms with Crippen LogP contribution in [-0.4, -0.2) is 4.98 Å². The summed E-state index contributed by atoms with van der Waals surface area (Å²) < 4.78 is 0. The lowest BCUT2D eigenvalue weighted by Crippen LogP contribution is -1.84. The minimum Gasteiger partial charge on any atom is -0.235 e. The number of nitriles is 1. The molecule has 0 aliphatic carbocycles. The van der Waals surface area contributed by atoms with Gasteiger partial charge in [0.05, 0.1) is 16.3 Å². The monoisotopic (exact) mass is 390 g/mol. The van der Waals surface area contributed by atoms with Crippen molar-refractivity contribution in [3.63, 3.8) is 0 Å². The van der Waals surface area contributed by atoms with Crippen LogP contribution in [0.2, 0.25) is 15.1 Å². The first-order valence-electron chi connectivity index (χ1n) is 6.86. The van der Waals surface area contributed by atoms with Crippen LogP contribution in [0.25, 0.3) is 22.9 Å². The lowest BCUT2D eigenvalue weighted by molar-refractivity contribution is 1.37. The van der Waals surface area contributed by atoms with Gasteiger partial charge in [0, 0.05) is 21.0 Å². The molecule has 0 spiro atoms. The summed E-state index contributed by atoms with van der Waals surface area (Å²) in [7, 11) is 0. The third kappa shape index (κ3) is 3.63. The van der Waals surface area contributed by atoms with E-state index in [2.05, 4.69) is 11.1 Å². The van der Waals surface area contributed by atoms with E-state index in [1.54, 1.807) is 24.3 Å². The molecule has 2 nitrogen and oxygen atoms in total. The standard InChI is InChI=1S/C18H9Cl3N2S/c19-13-5-6-14(16(21)8-13)17-10-24-18(23-17)12(9-22)7-11-3-1-2-4-15(11)20/h1-8,10H/b12-7+. The molecule has 2 aromatic carbocycles. The van der Waals surface area contributed by atoms with Crippen LogP contribution < -0.4 is 0 Å². The molecule has 0 aliphatic heterocycles. The zero-order valence-electron chi connectivity index (χ0n) is 12.1. The molecule has 0 radical (unpaired) electrons. The zero-order chi connectivity index (χ0) is 17.1. The van der Waals surface area contributed by atoms with Crippen LogP contribution in [-0.2, 0) is 0 Å². The number of aromatic nitrogens is 1. The molecule has 3 aromatic rings. The van der Waals surface area contributed by atoms with Gasteiger partial charge in [0.25, 0.3) is 0 Å². The van der Waals surface area contributed by atoms with Crippen LogP contribution in [0, 0.1) is 11.3 Å². The van der Waals surface area contributed by atoms with E-state index in [0.717, 1.165) is 11.1 Å². The summed E-state index contributed by atoms with van der Waals surface area (Å²) >= 11 is 19.7. The average Bonchev–Trinajstić information content (AvgIpc) is 3.03. The maximum atomic E-state index is 9.46. The normalized spacial score (nSPS) is 11.3. The second kappa shape index (κ2) is 7.38. The fraction of sp³-hybridized carbons (Fsp3) is 0. The van der Waals surface area contributed by atoms with Gasteiger partial charge in [0.15, 0.2) is 0 Å². The summed E-state index contributed by atoms with van der Waals surface area (Å²) in [6.07, 6.45) is 1.73. The lowest BCUT2D eigenvalue weighted by Gasteiger charge is -2.01. The van der Waals surface area contributed by atoms with E-state index in [-0.39, 0.29) is 0 Å². The third-order valence-corrected chi connectivity index (χ3v) is 5.03. The number of rotatable bonds is 3. The van der Waals surface area contributed by atoms with Gasteiger partial charge in [-0.1, -0.05) is 53.0 Å². The van der Waals surface area contributed by atoms with Crippen molar-refractivity contribution in [2.75, 3.05) is 0 Å². The Morgan fingerprint density at radius 1 is 1.08 bits per heavy atom. The van der Waals surface area contributed by atoms with Gasteiger partial charge in [-0.05, 0) is 35.9 Å². The highest BCUT2D eigenvalue weighted by Gasteiger charge is 2.12. The van der Waals surface area contributed by atoms with Gasteiger partial charge in [-0.25, -0.2) is 4.98 Å². The minimum atomic E-state index is 0.449. The predicted molar refractivity (Wildman–Crippen MR) is 103 cm³/mol. The summed E-state index contributed by atoms with van der Waals surface area (Å²) in [4.78, 5) is 4.53. The highest BCUT2D eigenvalue weighted by molar-refractivity contribution is 7.11. The van der Waals surface area contributed by atoms with E-state index in [1.807, 2.05) is 29.6 Å². The molecule has 118 valence electrons. The molecule has 1 heterocycles. The van der Waals surface area contributed by atoms with Gasteiger partial charge in [-0.15, -0.1) is 11.3 Å². The number of halogens is 3. The summed E-state index contributed by atoms with van der Waals surface area (Å²) in [5.74, 6) is 0. The smallest absolute Gasteiger partial charge is 0.134 e. The molecule has 0 aliphatic rings. The lowest BCUT2D eigenvalue weighted by atomic mass is 10.1. The topological polar surface area (TPSA) is 36.7 Å². The molecule has 0 atom stereocenters. The Kier molecular flexibility index (Phi) is 5.23. The first-order valence-corrected chi connectivity index (χ1v) is 8.87. The van der Waals surface area contributed by atoms with Crippen LogP contribution >= 0.6 is 46.1 Å². The van der Waals surface area contributed by atoms with Crippen molar-refractivity contribution >= 4 is 57.8 Å². The quantitative estimate of drug-likeness (QED) is 0.458. The summed E-state index contributed by atoms with van der Waals surface area (Å²) in [5, 5.41) is 13.6. The number of hydrogen-bond donors (Lipinski definition) is 0. The van der Waals surface area contributed by atoms with Crippen LogP contribution in [0.15, 0.2) is 47.8 Å². The molecule has 1 aromatic heterocycles. The van der Waals surface area contributed by atoms with Crippen molar-refractivity contribution in [2.24, 2.45) is 0 Å². The molecule has 6 heteroatoms. The number of benzene rings is 2. The maximum absolute atomic E-state index is 9.46.